The molecule has 0 bridgehead atoms. The maximum atomic E-state index is 4.54. The summed E-state index contributed by atoms with van der Waals surface area (Å²) < 4.78 is 1.16. The number of rotatable bonds is 4. The minimum Gasteiger partial charge on any atom is -0.313 e. The molecule has 18 heavy (non-hydrogen) atoms. The average Bonchev–Trinajstić information content (AvgIpc) is 2.72. The van der Waals surface area contributed by atoms with Gasteiger partial charge in [-0.25, -0.2) is 0 Å². The van der Waals surface area contributed by atoms with Crippen LogP contribution in [0.25, 0.3) is 0 Å². The highest BCUT2D eigenvalue weighted by Crippen LogP contribution is 2.26. The van der Waals surface area contributed by atoms with Gasteiger partial charge < -0.3 is 5.32 Å². The summed E-state index contributed by atoms with van der Waals surface area (Å²) in [5.74, 6) is 0. The van der Waals surface area contributed by atoms with E-state index in [-0.39, 0.29) is 0 Å². The Morgan fingerprint density at radius 1 is 1.39 bits per heavy atom. The maximum Gasteiger partial charge on any atom is 0.0423 e. The molecule has 2 heterocycles. The van der Waals surface area contributed by atoms with Gasteiger partial charge in [0, 0.05) is 38.6 Å². The van der Waals surface area contributed by atoms with Crippen molar-refractivity contribution in [2.45, 2.75) is 26.3 Å². The molecule has 0 aromatic carbocycles. The van der Waals surface area contributed by atoms with Crippen LogP contribution in [0, 0.1) is 13.8 Å². The highest BCUT2D eigenvalue weighted by Gasteiger charge is 2.14. The number of nitrogens with zero attached hydrogens (tertiary/aromatic N) is 1. The summed E-state index contributed by atoms with van der Waals surface area (Å²) >= 11 is 5.29. The molecule has 0 saturated heterocycles. The van der Waals surface area contributed by atoms with Crippen LogP contribution in [0.3, 0.4) is 0 Å². The van der Waals surface area contributed by atoms with Gasteiger partial charge in [0.2, 0.25) is 0 Å². The summed E-state index contributed by atoms with van der Waals surface area (Å²) in [7, 11) is 2.01. The Bertz CT molecular complexity index is 536. The van der Waals surface area contributed by atoms with Crippen LogP contribution < -0.4 is 5.32 Å². The second-order valence-electron chi connectivity index (χ2n) is 4.40. The summed E-state index contributed by atoms with van der Waals surface area (Å²) in [6.07, 6.45) is 0.998. The second-order valence-corrected chi connectivity index (χ2v) is 6.32. The second kappa shape index (κ2) is 5.95. The molecule has 0 spiro atoms. The number of likely N-dealkylation sites (N-methyl/N-ethyl adjacent to an activating group) is 1. The minimum atomic E-state index is 0.323. The summed E-state index contributed by atoms with van der Waals surface area (Å²) in [5, 5.41) is 5.52. The molecule has 2 nitrogen and oxygen atoms in total. The molecule has 1 N–H and O–H groups in total. The summed E-state index contributed by atoms with van der Waals surface area (Å²) in [6, 6.07) is 6.77. The van der Waals surface area contributed by atoms with Gasteiger partial charge >= 0.3 is 0 Å². The van der Waals surface area contributed by atoms with Crippen LogP contribution in [0.1, 0.15) is 27.9 Å². The van der Waals surface area contributed by atoms with Crippen molar-refractivity contribution in [3.8, 4) is 0 Å². The molecule has 0 radical (unpaired) electrons. The Kier molecular flexibility index (Phi) is 4.54. The first kappa shape index (κ1) is 13.7. The van der Waals surface area contributed by atoms with E-state index in [1.54, 1.807) is 11.3 Å². The van der Waals surface area contributed by atoms with Crippen LogP contribution >= 0.6 is 27.3 Å². The molecule has 0 aliphatic carbocycles. The first-order valence-electron chi connectivity index (χ1n) is 5.94. The van der Waals surface area contributed by atoms with Gasteiger partial charge in [-0.1, -0.05) is 6.07 Å². The van der Waals surface area contributed by atoms with E-state index >= 15 is 0 Å². The number of aromatic nitrogens is 1. The SMILES string of the molecule is CNC(Cc1cc(Br)cs1)c1ccc(C)nc1C. The number of aryl methyl sites for hydroxylation is 2. The summed E-state index contributed by atoms with van der Waals surface area (Å²) in [4.78, 5) is 5.92. The van der Waals surface area contributed by atoms with Crippen LogP contribution in [-0.2, 0) is 6.42 Å². The zero-order valence-corrected chi connectivity index (χ0v) is 13.2. The van der Waals surface area contributed by atoms with Gasteiger partial charge in [-0.2, -0.15) is 0 Å². The molecule has 0 amide bonds. The summed E-state index contributed by atoms with van der Waals surface area (Å²) in [5.41, 5.74) is 3.47. The third-order valence-corrected chi connectivity index (χ3v) is 4.74. The van der Waals surface area contributed by atoms with Crippen molar-refractivity contribution < 1.29 is 0 Å². The number of thiophene rings is 1. The number of pyridine rings is 1. The standard InChI is InChI=1S/C14H17BrN2S/c1-9-4-5-13(10(2)17-9)14(16-3)7-12-6-11(15)8-18-12/h4-6,8,14,16H,7H2,1-3H3. The van der Waals surface area contributed by atoms with Gasteiger partial charge in [0.1, 0.15) is 0 Å². The topological polar surface area (TPSA) is 24.9 Å². The molecular weight excluding hydrogens is 308 g/mol. The van der Waals surface area contributed by atoms with E-state index < -0.39 is 0 Å². The first-order chi connectivity index (χ1) is 8.60. The Balaban J connectivity index is 2.22. The Morgan fingerprint density at radius 3 is 2.72 bits per heavy atom. The molecule has 2 aromatic heterocycles. The van der Waals surface area contributed by atoms with Crippen molar-refractivity contribution in [2.75, 3.05) is 7.05 Å². The lowest BCUT2D eigenvalue weighted by molar-refractivity contribution is 0.590. The van der Waals surface area contributed by atoms with Crippen molar-refractivity contribution in [1.29, 1.82) is 0 Å². The van der Waals surface area contributed by atoms with Crippen molar-refractivity contribution >= 4 is 27.3 Å². The molecule has 4 heteroatoms. The zero-order chi connectivity index (χ0) is 13.1. The van der Waals surface area contributed by atoms with Gasteiger partial charge in [-0.15, -0.1) is 11.3 Å². The van der Waals surface area contributed by atoms with Crippen LogP contribution in [0.5, 0.6) is 0 Å². The molecule has 96 valence electrons. The molecule has 0 aliphatic rings. The number of halogens is 1. The van der Waals surface area contributed by atoms with Crippen molar-refractivity contribution in [1.82, 2.24) is 10.3 Å². The van der Waals surface area contributed by atoms with Gasteiger partial charge in [-0.3, -0.25) is 4.98 Å². The third-order valence-electron chi connectivity index (χ3n) is 3.02. The Morgan fingerprint density at radius 2 is 2.17 bits per heavy atom. The maximum absolute atomic E-state index is 4.54. The van der Waals surface area contributed by atoms with Crippen LogP contribution in [-0.4, -0.2) is 12.0 Å². The fourth-order valence-corrected chi connectivity index (χ4v) is 3.59. The average molecular weight is 325 g/mol. The molecule has 0 aliphatic heterocycles. The van der Waals surface area contributed by atoms with Gasteiger partial charge in [0.25, 0.3) is 0 Å². The number of hydrogen-bond donors (Lipinski definition) is 1. The normalized spacial score (nSPS) is 12.7. The Hall–Kier alpha value is -0.710. The smallest absolute Gasteiger partial charge is 0.0423 e. The van der Waals surface area contributed by atoms with Crippen molar-refractivity contribution in [2.24, 2.45) is 0 Å². The molecule has 1 atom stereocenters. The third kappa shape index (κ3) is 3.19. The van der Waals surface area contributed by atoms with Gasteiger partial charge in [0.05, 0.1) is 0 Å². The fourth-order valence-electron chi connectivity index (χ4n) is 2.10. The van der Waals surface area contributed by atoms with E-state index in [1.165, 1.54) is 10.4 Å². The highest BCUT2D eigenvalue weighted by molar-refractivity contribution is 9.10. The highest BCUT2D eigenvalue weighted by atomic mass is 79.9. The van der Waals surface area contributed by atoms with Crippen LogP contribution in [0.15, 0.2) is 28.1 Å². The molecule has 2 rings (SSSR count). The predicted molar refractivity (Wildman–Crippen MR) is 81.2 cm³/mol. The molecule has 0 fully saturated rings. The van der Waals surface area contributed by atoms with E-state index in [1.807, 2.05) is 14.0 Å². The number of hydrogen-bond acceptors (Lipinski definition) is 3. The monoisotopic (exact) mass is 324 g/mol. The lowest BCUT2D eigenvalue weighted by Gasteiger charge is -2.18. The predicted octanol–water partition coefficient (Wildman–Crippen LogP) is 4.03. The van der Waals surface area contributed by atoms with E-state index in [4.69, 9.17) is 0 Å². The molecular formula is C14H17BrN2S. The van der Waals surface area contributed by atoms with E-state index in [2.05, 4.69) is 56.7 Å². The van der Waals surface area contributed by atoms with Crippen LogP contribution in [0.4, 0.5) is 0 Å². The van der Waals surface area contributed by atoms with Crippen molar-refractivity contribution in [3.05, 3.63) is 49.9 Å². The van der Waals surface area contributed by atoms with Crippen LogP contribution in [0.2, 0.25) is 0 Å². The zero-order valence-electron chi connectivity index (χ0n) is 10.8. The minimum absolute atomic E-state index is 0.323. The number of nitrogens with one attached hydrogen (secondary N) is 1. The lowest BCUT2D eigenvalue weighted by atomic mass is 10.0. The van der Waals surface area contributed by atoms with E-state index in [9.17, 15) is 0 Å². The fraction of sp³-hybridized carbons (Fsp3) is 0.357. The van der Waals surface area contributed by atoms with E-state index in [0.29, 0.717) is 6.04 Å². The molecule has 1 unspecified atom stereocenters. The summed E-state index contributed by atoms with van der Waals surface area (Å²) in [6.45, 7) is 4.11. The molecule has 2 aromatic rings. The van der Waals surface area contributed by atoms with Gasteiger partial charge in [-0.05, 0) is 54.5 Å². The van der Waals surface area contributed by atoms with Crippen molar-refractivity contribution in [3.63, 3.8) is 0 Å². The quantitative estimate of drug-likeness (QED) is 0.918. The lowest BCUT2D eigenvalue weighted by Crippen LogP contribution is -2.20. The Labute approximate surface area is 121 Å². The largest absolute Gasteiger partial charge is 0.313 e. The first-order valence-corrected chi connectivity index (χ1v) is 7.61. The van der Waals surface area contributed by atoms with E-state index in [0.717, 1.165) is 22.3 Å². The van der Waals surface area contributed by atoms with Gasteiger partial charge in [0.15, 0.2) is 0 Å². The molecule has 0 saturated carbocycles.